The van der Waals surface area contributed by atoms with Crippen LogP contribution in [0.3, 0.4) is 0 Å². The first-order chi connectivity index (χ1) is 14.4. The highest BCUT2D eigenvalue weighted by Crippen LogP contribution is 2.05. The first-order valence-electron chi connectivity index (χ1n) is 9.62. The molecule has 0 spiro atoms. The van der Waals surface area contributed by atoms with E-state index in [4.69, 9.17) is 0 Å². The predicted molar refractivity (Wildman–Crippen MR) is 111 cm³/mol. The molecule has 0 aliphatic rings. The van der Waals surface area contributed by atoms with Crippen LogP contribution in [0.1, 0.15) is 17.7 Å². The normalized spacial score (nSPS) is 11.3. The Balaban J connectivity index is 1.86. The Kier molecular flexibility index (Phi) is 8.68. The molecule has 1 aromatic carbocycles. The highest BCUT2D eigenvalue weighted by Gasteiger charge is 2.26. The summed E-state index contributed by atoms with van der Waals surface area (Å²) >= 11 is 0. The summed E-state index contributed by atoms with van der Waals surface area (Å²) < 4.78 is 0. The number of benzene rings is 1. The summed E-state index contributed by atoms with van der Waals surface area (Å²) in [5.74, 6) is -2.73. The Bertz CT molecular complexity index is 869. The zero-order valence-electron chi connectivity index (χ0n) is 17.1. The number of likely N-dealkylation sites (N-methyl/N-ethyl adjacent to an activating group) is 1. The quantitative estimate of drug-likeness (QED) is 0.438. The van der Waals surface area contributed by atoms with Gasteiger partial charge < -0.3 is 15.5 Å². The van der Waals surface area contributed by atoms with Gasteiger partial charge in [-0.1, -0.05) is 36.4 Å². The van der Waals surface area contributed by atoms with Gasteiger partial charge in [-0.2, -0.15) is 0 Å². The second-order valence-corrected chi connectivity index (χ2v) is 6.97. The third kappa shape index (κ3) is 7.46. The first-order valence-corrected chi connectivity index (χ1v) is 9.62. The number of hydrogen-bond donors (Lipinski definition) is 2. The first kappa shape index (κ1) is 22.7. The number of aromatic nitrogens is 1. The molecule has 0 aliphatic heterocycles. The minimum Gasteiger partial charge on any atom is -0.355 e. The molecule has 0 saturated heterocycles. The average Bonchev–Trinajstić information content (AvgIpc) is 2.74. The van der Waals surface area contributed by atoms with Crippen molar-refractivity contribution in [2.45, 2.75) is 25.3 Å². The van der Waals surface area contributed by atoms with Crippen molar-refractivity contribution in [3.05, 3.63) is 66.0 Å². The van der Waals surface area contributed by atoms with E-state index in [1.807, 2.05) is 42.5 Å². The molecule has 0 unspecified atom stereocenters. The van der Waals surface area contributed by atoms with E-state index in [2.05, 4.69) is 15.6 Å². The Labute approximate surface area is 175 Å². The topological polar surface area (TPSA) is 108 Å². The number of pyridine rings is 1. The molecule has 3 amide bonds. The van der Waals surface area contributed by atoms with Crippen LogP contribution in [0.25, 0.3) is 0 Å². The molecule has 8 heteroatoms. The van der Waals surface area contributed by atoms with Gasteiger partial charge in [0, 0.05) is 45.4 Å². The van der Waals surface area contributed by atoms with Crippen molar-refractivity contribution in [3.63, 3.8) is 0 Å². The van der Waals surface area contributed by atoms with Crippen molar-refractivity contribution >= 4 is 23.5 Å². The lowest BCUT2D eigenvalue weighted by atomic mass is 10.0. The number of carbonyl (C=O) groups is 4. The standard InChI is InChI=1S/C22H26N4O4/c1-26(2)22(30)18(14-16-8-4-3-5-9-16)25-21(29)19(27)15-20(28)24-13-11-17-10-6-7-12-23-17/h3-10,12,18H,11,13-15H2,1-2H3,(H,24,28)(H,25,29)/t18-/m0/s1. The highest BCUT2D eigenvalue weighted by atomic mass is 16.2. The summed E-state index contributed by atoms with van der Waals surface area (Å²) in [4.78, 5) is 54.3. The molecular formula is C22H26N4O4. The summed E-state index contributed by atoms with van der Waals surface area (Å²) in [5, 5.41) is 5.06. The number of nitrogens with zero attached hydrogens (tertiary/aromatic N) is 2. The van der Waals surface area contributed by atoms with Crippen LogP contribution in [0.5, 0.6) is 0 Å². The van der Waals surface area contributed by atoms with E-state index < -0.39 is 30.1 Å². The van der Waals surface area contributed by atoms with Gasteiger partial charge in [-0.3, -0.25) is 24.2 Å². The van der Waals surface area contributed by atoms with E-state index in [0.29, 0.717) is 13.0 Å². The van der Waals surface area contributed by atoms with Gasteiger partial charge in [-0.05, 0) is 17.7 Å². The van der Waals surface area contributed by atoms with E-state index in [1.165, 1.54) is 4.90 Å². The van der Waals surface area contributed by atoms with Gasteiger partial charge in [0.25, 0.3) is 5.91 Å². The molecule has 1 atom stereocenters. The third-order valence-electron chi connectivity index (χ3n) is 4.33. The fourth-order valence-corrected chi connectivity index (χ4v) is 2.76. The van der Waals surface area contributed by atoms with E-state index in [-0.39, 0.29) is 12.3 Å². The van der Waals surface area contributed by atoms with Crippen molar-refractivity contribution in [3.8, 4) is 0 Å². The Morgan fingerprint density at radius 1 is 1.00 bits per heavy atom. The highest BCUT2D eigenvalue weighted by molar-refractivity contribution is 6.39. The van der Waals surface area contributed by atoms with Crippen LogP contribution < -0.4 is 10.6 Å². The van der Waals surface area contributed by atoms with Gasteiger partial charge in [-0.25, -0.2) is 0 Å². The fraction of sp³-hybridized carbons (Fsp3) is 0.318. The van der Waals surface area contributed by atoms with Crippen molar-refractivity contribution in [2.75, 3.05) is 20.6 Å². The summed E-state index contributed by atoms with van der Waals surface area (Å²) in [6.07, 6.45) is 1.84. The fourth-order valence-electron chi connectivity index (χ4n) is 2.76. The number of amides is 3. The lowest BCUT2D eigenvalue weighted by molar-refractivity contribution is -0.142. The molecule has 8 nitrogen and oxygen atoms in total. The second kappa shape index (κ2) is 11.5. The smallest absolute Gasteiger partial charge is 0.288 e. The molecule has 0 fully saturated rings. The van der Waals surface area contributed by atoms with Crippen LogP contribution in [0, 0.1) is 0 Å². The van der Waals surface area contributed by atoms with Crippen LogP contribution in [0.15, 0.2) is 54.7 Å². The molecule has 1 heterocycles. The zero-order valence-corrected chi connectivity index (χ0v) is 17.1. The van der Waals surface area contributed by atoms with E-state index in [1.54, 1.807) is 26.4 Å². The monoisotopic (exact) mass is 410 g/mol. The minimum atomic E-state index is -0.953. The largest absolute Gasteiger partial charge is 0.355 e. The maximum absolute atomic E-state index is 12.4. The summed E-state index contributed by atoms with van der Waals surface area (Å²) in [6.45, 7) is 0.306. The lowest BCUT2D eigenvalue weighted by Crippen LogP contribution is -2.50. The van der Waals surface area contributed by atoms with Gasteiger partial charge >= 0.3 is 0 Å². The Morgan fingerprint density at radius 3 is 2.33 bits per heavy atom. The van der Waals surface area contributed by atoms with Crippen LogP contribution in [-0.2, 0) is 32.0 Å². The van der Waals surface area contributed by atoms with Crippen molar-refractivity contribution in [2.24, 2.45) is 0 Å². The van der Waals surface area contributed by atoms with Crippen LogP contribution in [0.2, 0.25) is 0 Å². The number of rotatable bonds is 10. The van der Waals surface area contributed by atoms with Crippen LogP contribution in [-0.4, -0.2) is 60.1 Å². The number of ketones is 1. The van der Waals surface area contributed by atoms with Crippen molar-refractivity contribution < 1.29 is 19.2 Å². The molecular weight excluding hydrogens is 384 g/mol. The number of Topliss-reactive ketones (excluding diaryl/α,β-unsaturated/α-hetero) is 1. The molecule has 0 aliphatic carbocycles. The van der Waals surface area contributed by atoms with Gasteiger partial charge in [-0.15, -0.1) is 0 Å². The summed E-state index contributed by atoms with van der Waals surface area (Å²) in [5.41, 5.74) is 1.66. The molecule has 1 aromatic heterocycles. The molecule has 2 aromatic rings. The minimum absolute atomic E-state index is 0.243. The molecule has 0 radical (unpaired) electrons. The molecule has 30 heavy (non-hydrogen) atoms. The molecule has 2 rings (SSSR count). The van der Waals surface area contributed by atoms with Crippen LogP contribution in [0.4, 0.5) is 0 Å². The Hall–Kier alpha value is -3.55. The summed E-state index contributed by atoms with van der Waals surface area (Å²) in [7, 11) is 3.15. The van der Waals surface area contributed by atoms with E-state index in [0.717, 1.165) is 11.3 Å². The maximum Gasteiger partial charge on any atom is 0.288 e. The number of carbonyl (C=O) groups excluding carboxylic acids is 4. The third-order valence-corrected chi connectivity index (χ3v) is 4.33. The molecule has 2 N–H and O–H groups in total. The lowest BCUT2D eigenvalue weighted by Gasteiger charge is -2.21. The van der Waals surface area contributed by atoms with Crippen LogP contribution >= 0.6 is 0 Å². The molecule has 0 saturated carbocycles. The van der Waals surface area contributed by atoms with Crippen molar-refractivity contribution in [1.82, 2.24) is 20.5 Å². The van der Waals surface area contributed by atoms with Crippen molar-refractivity contribution in [1.29, 1.82) is 0 Å². The molecule has 158 valence electrons. The van der Waals surface area contributed by atoms with E-state index >= 15 is 0 Å². The average molecular weight is 410 g/mol. The van der Waals surface area contributed by atoms with E-state index in [9.17, 15) is 19.2 Å². The molecule has 0 bridgehead atoms. The Morgan fingerprint density at radius 2 is 1.70 bits per heavy atom. The van der Waals surface area contributed by atoms with Gasteiger partial charge in [0.1, 0.15) is 6.04 Å². The zero-order chi connectivity index (χ0) is 21.9. The SMILES string of the molecule is CN(C)C(=O)[C@H](Cc1ccccc1)NC(=O)C(=O)CC(=O)NCCc1ccccn1. The van der Waals surface area contributed by atoms with Gasteiger partial charge in [0.2, 0.25) is 17.6 Å². The number of nitrogens with one attached hydrogen (secondary N) is 2. The van der Waals surface area contributed by atoms with Gasteiger partial charge in [0.05, 0.1) is 6.42 Å². The second-order valence-electron chi connectivity index (χ2n) is 6.97. The summed E-state index contributed by atoms with van der Waals surface area (Å²) in [6, 6.07) is 13.7. The number of hydrogen-bond acceptors (Lipinski definition) is 5. The maximum atomic E-state index is 12.4. The van der Waals surface area contributed by atoms with Gasteiger partial charge in [0.15, 0.2) is 0 Å². The predicted octanol–water partition coefficient (Wildman–Crippen LogP) is 0.515.